The van der Waals surface area contributed by atoms with Gasteiger partial charge in [-0.3, -0.25) is 0 Å². The number of nitrogens with two attached hydrogens (primary N) is 1. The molecule has 0 radical (unpaired) electrons. The molecule has 0 aliphatic heterocycles. The van der Waals surface area contributed by atoms with Crippen LogP contribution in [0.15, 0.2) is 41.8 Å². The number of nitrogens with zero attached hydrogens (tertiary/aromatic N) is 3. The molecule has 2 rings (SSSR count). The second-order valence-electron chi connectivity index (χ2n) is 5.58. The molecule has 1 heterocycles. The van der Waals surface area contributed by atoms with Crippen molar-refractivity contribution in [2.24, 2.45) is 10.9 Å². The molecule has 0 amide bonds. The molecule has 0 saturated carbocycles. The molecular formula is C15H18N4O2. The van der Waals surface area contributed by atoms with E-state index in [-0.39, 0.29) is 22.8 Å². The summed E-state index contributed by atoms with van der Waals surface area (Å²) < 4.78 is 5.72. The van der Waals surface area contributed by atoms with E-state index in [1.165, 1.54) is 12.4 Å². The molecule has 0 spiro atoms. The van der Waals surface area contributed by atoms with Crippen molar-refractivity contribution in [2.45, 2.75) is 26.2 Å². The third-order valence-corrected chi connectivity index (χ3v) is 2.93. The second-order valence-corrected chi connectivity index (χ2v) is 5.58. The van der Waals surface area contributed by atoms with Gasteiger partial charge in [0.1, 0.15) is 5.75 Å². The van der Waals surface area contributed by atoms with E-state index < -0.39 is 0 Å². The van der Waals surface area contributed by atoms with Crippen LogP contribution in [0.1, 0.15) is 32.0 Å². The monoisotopic (exact) mass is 286 g/mol. The molecule has 3 N–H and O–H groups in total. The molecule has 2 aromatic rings. The zero-order chi connectivity index (χ0) is 15.5. The van der Waals surface area contributed by atoms with Crippen molar-refractivity contribution in [3.8, 4) is 11.6 Å². The number of aromatic nitrogens is 2. The highest BCUT2D eigenvalue weighted by Crippen LogP contribution is 2.28. The smallest absolute Gasteiger partial charge is 0.249 e. The van der Waals surface area contributed by atoms with Gasteiger partial charge in [-0.2, -0.15) is 0 Å². The van der Waals surface area contributed by atoms with Gasteiger partial charge in [0.25, 0.3) is 0 Å². The van der Waals surface area contributed by atoms with Crippen LogP contribution in [0.2, 0.25) is 0 Å². The lowest BCUT2D eigenvalue weighted by atomic mass is 9.87. The van der Waals surface area contributed by atoms with Gasteiger partial charge in [0.15, 0.2) is 11.5 Å². The van der Waals surface area contributed by atoms with Gasteiger partial charge in [-0.25, -0.2) is 9.97 Å². The fourth-order valence-corrected chi connectivity index (χ4v) is 1.76. The molecule has 0 saturated heterocycles. The predicted octanol–water partition coefficient (Wildman–Crippen LogP) is 2.66. The minimum Gasteiger partial charge on any atom is -0.437 e. The number of rotatable bonds is 3. The zero-order valence-corrected chi connectivity index (χ0v) is 12.2. The van der Waals surface area contributed by atoms with Gasteiger partial charge in [0.2, 0.25) is 5.88 Å². The molecule has 0 bridgehead atoms. The van der Waals surface area contributed by atoms with Crippen LogP contribution in [0.4, 0.5) is 0 Å². The molecule has 0 aliphatic rings. The van der Waals surface area contributed by atoms with Crippen LogP contribution in [-0.2, 0) is 5.41 Å². The van der Waals surface area contributed by atoms with Crippen molar-refractivity contribution in [3.05, 3.63) is 47.9 Å². The Morgan fingerprint density at radius 2 is 1.95 bits per heavy atom. The molecule has 6 nitrogen and oxygen atoms in total. The minimum atomic E-state index is -0.148. The molecule has 0 atom stereocenters. The second kappa shape index (κ2) is 5.78. The van der Waals surface area contributed by atoms with Crippen LogP contribution in [0.25, 0.3) is 0 Å². The fraction of sp³-hybridized carbons (Fsp3) is 0.267. The van der Waals surface area contributed by atoms with Gasteiger partial charge in [-0.05, 0) is 23.1 Å². The molecule has 110 valence electrons. The summed E-state index contributed by atoms with van der Waals surface area (Å²) in [6.07, 6.45) is 2.93. The van der Waals surface area contributed by atoms with Crippen molar-refractivity contribution in [1.29, 1.82) is 0 Å². The normalized spacial score (nSPS) is 12.2. The summed E-state index contributed by atoms with van der Waals surface area (Å²) in [5.74, 6) is 0.666. The first-order valence-corrected chi connectivity index (χ1v) is 6.49. The fourth-order valence-electron chi connectivity index (χ4n) is 1.76. The first kappa shape index (κ1) is 14.8. The highest BCUT2D eigenvalue weighted by Gasteiger charge is 2.16. The van der Waals surface area contributed by atoms with Gasteiger partial charge >= 0.3 is 0 Å². The number of oxime groups is 1. The quantitative estimate of drug-likeness (QED) is 0.391. The van der Waals surface area contributed by atoms with Crippen LogP contribution >= 0.6 is 0 Å². The number of hydrogen-bond acceptors (Lipinski definition) is 5. The molecule has 0 aliphatic carbocycles. The highest BCUT2D eigenvalue weighted by atomic mass is 16.5. The summed E-state index contributed by atoms with van der Waals surface area (Å²) in [5, 5.41) is 11.7. The average Bonchev–Trinajstić information content (AvgIpc) is 2.46. The van der Waals surface area contributed by atoms with Crippen molar-refractivity contribution in [1.82, 2.24) is 9.97 Å². The van der Waals surface area contributed by atoms with Gasteiger partial charge in [0.05, 0.1) is 0 Å². The standard InChI is InChI=1S/C15H18N4O2/c1-15(2,3)10-5-4-6-11(9-10)21-14-12(13(16)19-20)17-7-8-18-14/h4-9,20H,1-3H3,(H2,16,19). The van der Waals surface area contributed by atoms with E-state index in [0.717, 1.165) is 5.56 Å². The summed E-state index contributed by atoms with van der Waals surface area (Å²) in [7, 11) is 0. The first-order chi connectivity index (χ1) is 9.91. The molecule has 21 heavy (non-hydrogen) atoms. The number of benzene rings is 1. The van der Waals surface area contributed by atoms with Crippen molar-refractivity contribution >= 4 is 5.84 Å². The van der Waals surface area contributed by atoms with E-state index in [1.807, 2.05) is 24.3 Å². The molecule has 1 aromatic carbocycles. The number of hydrogen-bond donors (Lipinski definition) is 2. The van der Waals surface area contributed by atoms with Gasteiger partial charge in [-0.1, -0.05) is 38.1 Å². The Balaban J connectivity index is 2.35. The van der Waals surface area contributed by atoms with Crippen molar-refractivity contribution in [3.63, 3.8) is 0 Å². The summed E-state index contributed by atoms with van der Waals surface area (Å²) >= 11 is 0. The molecular weight excluding hydrogens is 268 g/mol. The third kappa shape index (κ3) is 3.47. The average molecular weight is 286 g/mol. The third-order valence-electron chi connectivity index (χ3n) is 2.93. The number of ether oxygens (including phenoxy) is 1. The largest absolute Gasteiger partial charge is 0.437 e. The van der Waals surface area contributed by atoms with E-state index in [2.05, 4.69) is 35.9 Å². The first-order valence-electron chi connectivity index (χ1n) is 6.49. The Morgan fingerprint density at radius 1 is 1.24 bits per heavy atom. The maximum atomic E-state index is 8.77. The molecule has 0 fully saturated rings. The lowest BCUT2D eigenvalue weighted by Crippen LogP contribution is -2.16. The lowest BCUT2D eigenvalue weighted by molar-refractivity contribution is 0.318. The van der Waals surface area contributed by atoms with Crippen LogP contribution in [0.5, 0.6) is 11.6 Å². The number of amidine groups is 1. The highest BCUT2D eigenvalue weighted by molar-refractivity contribution is 5.97. The van der Waals surface area contributed by atoms with E-state index >= 15 is 0 Å². The van der Waals surface area contributed by atoms with E-state index in [4.69, 9.17) is 15.7 Å². The predicted molar refractivity (Wildman–Crippen MR) is 79.8 cm³/mol. The topological polar surface area (TPSA) is 93.6 Å². The summed E-state index contributed by atoms with van der Waals surface area (Å²) in [4.78, 5) is 8.09. The van der Waals surface area contributed by atoms with Gasteiger partial charge < -0.3 is 15.7 Å². The van der Waals surface area contributed by atoms with Crippen LogP contribution in [0.3, 0.4) is 0 Å². The summed E-state index contributed by atoms with van der Waals surface area (Å²) in [5.41, 5.74) is 6.90. The summed E-state index contributed by atoms with van der Waals surface area (Å²) in [6, 6.07) is 7.70. The maximum Gasteiger partial charge on any atom is 0.249 e. The van der Waals surface area contributed by atoms with Crippen molar-refractivity contribution < 1.29 is 9.94 Å². The van der Waals surface area contributed by atoms with Gasteiger partial charge in [-0.15, -0.1) is 0 Å². The van der Waals surface area contributed by atoms with E-state index in [9.17, 15) is 0 Å². The Bertz CT molecular complexity index is 663. The maximum absolute atomic E-state index is 8.77. The van der Waals surface area contributed by atoms with E-state index in [0.29, 0.717) is 5.75 Å². The van der Waals surface area contributed by atoms with Crippen LogP contribution in [-0.4, -0.2) is 21.0 Å². The van der Waals surface area contributed by atoms with E-state index in [1.54, 1.807) is 0 Å². The zero-order valence-electron chi connectivity index (χ0n) is 12.2. The van der Waals surface area contributed by atoms with Crippen LogP contribution in [0, 0.1) is 0 Å². The van der Waals surface area contributed by atoms with Gasteiger partial charge in [0, 0.05) is 12.4 Å². The Kier molecular flexibility index (Phi) is 4.07. The Morgan fingerprint density at radius 3 is 2.62 bits per heavy atom. The Labute approximate surface area is 123 Å². The molecule has 1 aromatic heterocycles. The minimum absolute atomic E-state index is 0.0101. The van der Waals surface area contributed by atoms with Crippen molar-refractivity contribution in [2.75, 3.05) is 0 Å². The lowest BCUT2D eigenvalue weighted by Gasteiger charge is -2.19. The summed E-state index contributed by atoms with van der Waals surface area (Å²) in [6.45, 7) is 6.36. The Hall–Kier alpha value is -2.63. The SMILES string of the molecule is CC(C)(C)c1cccc(Oc2nccnc2C(N)=NO)c1. The molecule has 0 unspecified atom stereocenters. The molecule has 6 heteroatoms. The van der Waals surface area contributed by atoms with Crippen LogP contribution < -0.4 is 10.5 Å².